The Hall–Kier alpha value is -1.74. The van der Waals surface area contributed by atoms with E-state index in [-0.39, 0.29) is 0 Å². The summed E-state index contributed by atoms with van der Waals surface area (Å²) >= 11 is 3.58. The first-order valence-electron chi connectivity index (χ1n) is 8.85. The van der Waals surface area contributed by atoms with Gasteiger partial charge in [-0.15, -0.1) is 0 Å². The van der Waals surface area contributed by atoms with E-state index in [1.807, 2.05) is 30.3 Å². The minimum Gasteiger partial charge on any atom is -0.494 e. The van der Waals surface area contributed by atoms with Gasteiger partial charge in [-0.25, -0.2) is 0 Å². The third-order valence-corrected chi connectivity index (χ3v) is 5.35. The third kappa shape index (κ3) is 6.58. The van der Waals surface area contributed by atoms with Crippen LogP contribution in [0.1, 0.15) is 42.4 Å². The van der Waals surface area contributed by atoms with Gasteiger partial charge >= 0.3 is 0 Å². The second-order valence-corrected chi connectivity index (χ2v) is 7.05. The number of halogens is 1. The third-order valence-electron chi connectivity index (χ3n) is 4.10. The van der Waals surface area contributed by atoms with Crippen molar-refractivity contribution in [3.8, 4) is 11.5 Å². The first-order valence-corrected chi connectivity index (χ1v) is 9.64. The molecular weight excluding hydrogens is 376 g/mol. The first kappa shape index (κ1) is 19.6. The van der Waals surface area contributed by atoms with Crippen LogP contribution in [0.2, 0.25) is 0 Å². The van der Waals surface area contributed by atoms with E-state index in [9.17, 15) is 0 Å². The van der Waals surface area contributed by atoms with E-state index >= 15 is 0 Å². The molecule has 0 saturated carbocycles. The second kappa shape index (κ2) is 10.3. The van der Waals surface area contributed by atoms with Gasteiger partial charge in [-0.2, -0.15) is 0 Å². The van der Waals surface area contributed by atoms with Gasteiger partial charge in [0.1, 0.15) is 11.5 Å². The Labute approximate surface area is 160 Å². The van der Waals surface area contributed by atoms with Crippen LogP contribution >= 0.6 is 15.9 Å². The second-order valence-electron chi connectivity index (χ2n) is 6.26. The number of hydrogen-bond donors (Lipinski definition) is 0. The van der Waals surface area contributed by atoms with Crippen molar-refractivity contribution in [2.45, 2.75) is 39.5 Å². The van der Waals surface area contributed by atoms with Gasteiger partial charge in [0.25, 0.3) is 0 Å². The van der Waals surface area contributed by atoms with Crippen LogP contribution < -0.4 is 9.47 Å². The monoisotopic (exact) mass is 402 g/mol. The molecule has 0 aliphatic rings. The van der Waals surface area contributed by atoms with Crippen molar-refractivity contribution in [1.82, 2.24) is 0 Å². The van der Waals surface area contributed by atoms with Gasteiger partial charge in [0, 0.05) is 4.47 Å². The van der Waals surface area contributed by atoms with Crippen molar-refractivity contribution in [1.29, 1.82) is 0 Å². The number of rotatable bonds is 10. The molecule has 0 saturated heterocycles. The van der Waals surface area contributed by atoms with Gasteiger partial charge in [-0.05, 0) is 80.5 Å². The van der Waals surface area contributed by atoms with Crippen molar-refractivity contribution >= 4 is 22.0 Å². The quantitative estimate of drug-likeness (QED) is 0.410. The predicted molar refractivity (Wildman–Crippen MR) is 110 cm³/mol. The fraction of sp³-hybridized carbons (Fsp3) is 0.364. The van der Waals surface area contributed by atoms with E-state index in [2.05, 4.69) is 48.5 Å². The maximum Gasteiger partial charge on any atom is 0.119 e. The summed E-state index contributed by atoms with van der Waals surface area (Å²) in [6, 6.07) is 12.2. The predicted octanol–water partition coefficient (Wildman–Crippen LogP) is 6.73. The van der Waals surface area contributed by atoms with E-state index < -0.39 is 0 Å². The molecule has 0 fully saturated rings. The van der Waals surface area contributed by atoms with E-state index in [4.69, 9.17) is 9.47 Å². The Morgan fingerprint density at radius 3 is 1.88 bits per heavy atom. The molecule has 2 aromatic carbocycles. The SMILES string of the molecule is C=Cc1ccc(OCCCCCCOc2cc(C)c(Br)c(C)c2)cc1. The van der Waals surface area contributed by atoms with Crippen LogP contribution in [-0.4, -0.2) is 13.2 Å². The Balaban J connectivity index is 1.55. The van der Waals surface area contributed by atoms with E-state index in [1.165, 1.54) is 15.6 Å². The molecule has 0 aliphatic heterocycles. The zero-order valence-electron chi connectivity index (χ0n) is 15.2. The molecule has 0 atom stereocenters. The summed E-state index contributed by atoms with van der Waals surface area (Å²) in [6.07, 6.45) is 6.30. The van der Waals surface area contributed by atoms with Crippen molar-refractivity contribution in [3.63, 3.8) is 0 Å². The minimum atomic E-state index is 0.763. The highest BCUT2D eigenvalue weighted by molar-refractivity contribution is 9.10. The number of aryl methyl sites for hydroxylation is 2. The highest BCUT2D eigenvalue weighted by Crippen LogP contribution is 2.26. The molecule has 0 N–H and O–H groups in total. The smallest absolute Gasteiger partial charge is 0.119 e. The van der Waals surface area contributed by atoms with Crippen LogP contribution in [0.4, 0.5) is 0 Å². The van der Waals surface area contributed by atoms with Crippen LogP contribution in [0.5, 0.6) is 11.5 Å². The molecule has 2 nitrogen and oxygen atoms in total. The van der Waals surface area contributed by atoms with Crippen molar-refractivity contribution in [2.75, 3.05) is 13.2 Å². The normalized spacial score (nSPS) is 10.5. The number of unbranched alkanes of at least 4 members (excludes halogenated alkanes) is 3. The fourth-order valence-corrected chi connectivity index (χ4v) is 2.86. The molecule has 3 heteroatoms. The maximum absolute atomic E-state index is 5.86. The minimum absolute atomic E-state index is 0.763. The summed E-state index contributed by atoms with van der Waals surface area (Å²) in [5, 5.41) is 0. The van der Waals surface area contributed by atoms with Crippen LogP contribution in [0.15, 0.2) is 47.4 Å². The zero-order chi connectivity index (χ0) is 18.1. The lowest BCUT2D eigenvalue weighted by Crippen LogP contribution is -2.00. The molecule has 2 aromatic rings. The molecular formula is C22H27BrO2. The molecule has 0 aromatic heterocycles. The topological polar surface area (TPSA) is 18.5 Å². The molecule has 0 spiro atoms. The summed E-state index contributed by atoms with van der Waals surface area (Å²) < 4.78 is 12.8. The van der Waals surface area contributed by atoms with E-state index in [0.717, 1.165) is 56.0 Å². The summed E-state index contributed by atoms with van der Waals surface area (Å²) in [5.74, 6) is 1.89. The Kier molecular flexibility index (Phi) is 8.07. The Bertz CT molecular complexity index is 654. The fourth-order valence-electron chi connectivity index (χ4n) is 2.63. The van der Waals surface area contributed by atoms with Gasteiger partial charge in [0.05, 0.1) is 13.2 Å². The molecule has 2 rings (SSSR count). The van der Waals surface area contributed by atoms with Crippen molar-refractivity contribution in [2.24, 2.45) is 0 Å². The summed E-state index contributed by atoms with van der Waals surface area (Å²) in [5.41, 5.74) is 3.55. The molecule has 0 heterocycles. The molecule has 0 bridgehead atoms. The molecule has 0 radical (unpaired) electrons. The van der Waals surface area contributed by atoms with Crippen LogP contribution in [0, 0.1) is 13.8 Å². The van der Waals surface area contributed by atoms with Gasteiger partial charge in [-0.1, -0.05) is 40.7 Å². The van der Waals surface area contributed by atoms with Gasteiger partial charge in [0.2, 0.25) is 0 Å². The molecule has 0 amide bonds. The lowest BCUT2D eigenvalue weighted by Gasteiger charge is -2.10. The molecule has 25 heavy (non-hydrogen) atoms. The van der Waals surface area contributed by atoms with Crippen LogP contribution in [0.3, 0.4) is 0 Å². The molecule has 0 aliphatic carbocycles. The van der Waals surface area contributed by atoms with Crippen LogP contribution in [0.25, 0.3) is 6.08 Å². The number of hydrogen-bond acceptors (Lipinski definition) is 2. The number of ether oxygens (including phenoxy) is 2. The van der Waals surface area contributed by atoms with Gasteiger partial charge in [-0.3, -0.25) is 0 Å². The zero-order valence-corrected chi connectivity index (χ0v) is 16.8. The number of benzene rings is 2. The van der Waals surface area contributed by atoms with Gasteiger partial charge < -0.3 is 9.47 Å². The van der Waals surface area contributed by atoms with E-state index in [1.54, 1.807) is 0 Å². The lowest BCUT2D eigenvalue weighted by molar-refractivity contribution is 0.287. The maximum atomic E-state index is 5.86. The first-order chi connectivity index (χ1) is 12.1. The molecule has 0 unspecified atom stereocenters. The van der Waals surface area contributed by atoms with E-state index in [0.29, 0.717) is 0 Å². The van der Waals surface area contributed by atoms with Crippen molar-refractivity contribution in [3.05, 3.63) is 64.1 Å². The Morgan fingerprint density at radius 2 is 1.36 bits per heavy atom. The average molecular weight is 403 g/mol. The largest absolute Gasteiger partial charge is 0.494 e. The summed E-state index contributed by atoms with van der Waals surface area (Å²) in [6.45, 7) is 9.47. The summed E-state index contributed by atoms with van der Waals surface area (Å²) in [7, 11) is 0. The highest BCUT2D eigenvalue weighted by atomic mass is 79.9. The Morgan fingerprint density at radius 1 is 0.840 bits per heavy atom. The average Bonchev–Trinajstić information content (AvgIpc) is 2.62. The highest BCUT2D eigenvalue weighted by Gasteiger charge is 2.03. The standard InChI is InChI=1S/C22H27BrO2/c1-4-19-9-11-20(12-10-19)24-13-7-5-6-8-14-25-21-15-17(2)22(23)18(3)16-21/h4,9-12,15-16H,1,5-8,13-14H2,2-3H3. The van der Waals surface area contributed by atoms with Gasteiger partial charge in [0.15, 0.2) is 0 Å². The van der Waals surface area contributed by atoms with Crippen LogP contribution in [-0.2, 0) is 0 Å². The van der Waals surface area contributed by atoms with Crippen molar-refractivity contribution < 1.29 is 9.47 Å². The lowest BCUT2D eigenvalue weighted by atomic mass is 10.1. The summed E-state index contributed by atoms with van der Waals surface area (Å²) in [4.78, 5) is 0. The molecule has 134 valence electrons.